The molecule has 1 N–H and O–H groups in total. The van der Waals surface area contributed by atoms with E-state index < -0.39 is 45.4 Å². The Hall–Kier alpha value is -1.36. The van der Waals surface area contributed by atoms with Gasteiger partial charge in [-0.15, -0.1) is 0 Å². The summed E-state index contributed by atoms with van der Waals surface area (Å²) in [4.78, 5) is 26.9. The van der Waals surface area contributed by atoms with Crippen LogP contribution in [0.5, 0.6) is 0 Å². The Kier molecular flexibility index (Phi) is 5.70. The molecule has 0 aromatic carbocycles. The number of fused-ring (bicyclic) bond motifs is 1. The predicted molar refractivity (Wildman–Crippen MR) is 96.8 cm³/mol. The normalized spacial score (nSPS) is 30.6. The van der Waals surface area contributed by atoms with Gasteiger partial charge >= 0.3 is 21.5 Å². The Morgan fingerprint density at radius 3 is 2.28 bits per heavy atom. The lowest BCUT2D eigenvalue weighted by Gasteiger charge is -2.36. The molecule has 29 heavy (non-hydrogen) atoms. The van der Waals surface area contributed by atoms with Gasteiger partial charge < -0.3 is 9.64 Å². The highest BCUT2D eigenvalue weighted by molar-refractivity contribution is 7.90. The van der Waals surface area contributed by atoms with Gasteiger partial charge in [-0.25, -0.2) is 13.2 Å². The summed E-state index contributed by atoms with van der Waals surface area (Å²) >= 11 is 0. The molecule has 0 aromatic rings. The minimum Gasteiger partial charge on any atom is -0.467 e. The van der Waals surface area contributed by atoms with E-state index in [-0.39, 0.29) is 23.8 Å². The molecule has 7 nitrogen and oxygen atoms in total. The largest absolute Gasteiger partial charge is 0.511 e. The second kappa shape index (κ2) is 7.40. The Balaban J connectivity index is 1.89. The van der Waals surface area contributed by atoms with Gasteiger partial charge in [-0.1, -0.05) is 33.1 Å². The number of alkyl halides is 3. The molecule has 0 radical (unpaired) electrons. The van der Waals surface area contributed by atoms with Crippen molar-refractivity contribution in [1.82, 2.24) is 9.62 Å². The summed E-state index contributed by atoms with van der Waals surface area (Å²) in [6.07, 6.45) is 3.20. The van der Waals surface area contributed by atoms with E-state index in [0.29, 0.717) is 25.7 Å². The van der Waals surface area contributed by atoms with Gasteiger partial charge in [0.2, 0.25) is 5.91 Å². The summed E-state index contributed by atoms with van der Waals surface area (Å²) < 4.78 is 68.9. The number of carbonyl (C=O) groups is 2. The van der Waals surface area contributed by atoms with Crippen LogP contribution in [-0.4, -0.2) is 56.4 Å². The zero-order valence-electron chi connectivity index (χ0n) is 16.7. The quantitative estimate of drug-likeness (QED) is 0.661. The molecular formula is C18H27F3N2O5S. The van der Waals surface area contributed by atoms with Gasteiger partial charge in [-0.3, -0.25) is 4.79 Å². The lowest BCUT2D eigenvalue weighted by atomic mass is 9.83. The van der Waals surface area contributed by atoms with E-state index in [2.05, 4.69) is 0 Å². The number of nitrogens with one attached hydrogen (secondary N) is 1. The number of ether oxygens (including phenoxy) is 1. The standard InChI is InChI=1S/C18H27F3N2O5S/c1-17(2)11-9-23(14(12(11)17)16(25)28-3)15(24)13(10-7-5-4-6-8-10)22-29(26,27)18(19,20)21/h10-14,22H,4-9H2,1-3H3/t11-,12-,13-,14-/m0/s1. The third kappa shape index (κ3) is 3.87. The van der Waals surface area contributed by atoms with Crippen molar-refractivity contribution in [1.29, 1.82) is 0 Å². The van der Waals surface area contributed by atoms with Crippen LogP contribution >= 0.6 is 0 Å². The minimum atomic E-state index is -5.70. The molecule has 1 saturated heterocycles. The van der Waals surface area contributed by atoms with E-state index >= 15 is 0 Å². The number of likely N-dealkylation sites (tertiary alicyclic amines) is 1. The number of carbonyl (C=O) groups excluding carboxylic acids is 2. The number of hydrogen-bond acceptors (Lipinski definition) is 5. The van der Waals surface area contributed by atoms with Crippen molar-refractivity contribution in [2.24, 2.45) is 23.2 Å². The van der Waals surface area contributed by atoms with Crippen LogP contribution in [0, 0.1) is 23.2 Å². The van der Waals surface area contributed by atoms with Crippen LogP contribution in [0.25, 0.3) is 0 Å². The van der Waals surface area contributed by atoms with E-state index in [1.165, 1.54) is 12.0 Å². The third-order valence-corrected chi connectivity index (χ3v) is 8.08. The SMILES string of the molecule is COC(=O)[C@@H]1[C@@H]2[C@H](CN1C(=O)[C@@H](NS(=O)(=O)C(F)(F)F)C1CCCCC1)C2(C)C. The highest BCUT2D eigenvalue weighted by atomic mass is 32.2. The fourth-order valence-corrected chi connectivity index (χ4v) is 5.89. The van der Waals surface area contributed by atoms with E-state index in [4.69, 9.17) is 4.74 Å². The van der Waals surface area contributed by atoms with Crippen molar-refractivity contribution in [3.8, 4) is 0 Å². The van der Waals surface area contributed by atoms with E-state index in [1.807, 2.05) is 13.8 Å². The average Bonchev–Trinajstić information content (AvgIpc) is 3.00. The molecule has 3 fully saturated rings. The summed E-state index contributed by atoms with van der Waals surface area (Å²) in [5.74, 6) is -2.07. The van der Waals surface area contributed by atoms with Crippen LogP contribution in [-0.2, 0) is 24.3 Å². The fourth-order valence-electron chi connectivity index (χ4n) is 5.13. The molecule has 3 rings (SSSR count). The van der Waals surface area contributed by atoms with Gasteiger partial charge in [-0.2, -0.15) is 17.9 Å². The summed E-state index contributed by atoms with van der Waals surface area (Å²) in [6, 6.07) is -2.45. The summed E-state index contributed by atoms with van der Waals surface area (Å²) in [6.45, 7) is 4.13. The van der Waals surface area contributed by atoms with Crippen molar-refractivity contribution in [3.05, 3.63) is 0 Å². The number of nitrogens with zero attached hydrogens (tertiary/aromatic N) is 1. The number of halogens is 3. The van der Waals surface area contributed by atoms with Gasteiger partial charge in [0.15, 0.2) is 0 Å². The first-order valence-electron chi connectivity index (χ1n) is 9.80. The van der Waals surface area contributed by atoms with Crippen molar-refractivity contribution in [2.45, 2.75) is 63.5 Å². The zero-order chi connectivity index (χ0) is 21.8. The second-order valence-electron chi connectivity index (χ2n) is 8.86. The van der Waals surface area contributed by atoms with Gasteiger partial charge in [0, 0.05) is 12.5 Å². The maximum absolute atomic E-state index is 13.3. The zero-order valence-corrected chi connectivity index (χ0v) is 17.5. The Bertz CT molecular complexity index is 777. The van der Waals surface area contributed by atoms with E-state index in [0.717, 1.165) is 6.42 Å². The minimum absolute atomic E-state index is 0.0294. The molecule has 2 saturated carbocycles. The van der Waals surface area contributed by atoms with E-state index in [9.17, 15) is 31.2 Å². The lowest BCUT2D eigenvalue weighted by Crippen LogP contribution is -2.58. The second-order valence-corrected chi connectivity index (χ2v) is 10.6. The Morgan fingerprint density at radius 2 is 1.76 bits per heavy atom. The van der Waals surface area contributed by atoms with Crippen LogP contribution in [0.2, 0.25) is 0 Å². The van der Waals surface area contributed by atoms with Crippen LogP contribution in [0.3, 0.4) is 0 Å². The number of piperidine rings is 1. The molecule has 1 aliphatic heterocycles. The van der Waals surface area contributed by atoms with Crippen LogP contribution in [0.4, 0.5) is 13.2 Å². The van der Waals surface area contributed by atoms with Gasteiger partial charge in [0.05, 0.1) is 7.11 Å². The summed E-state index contributed by atoms with van der Waals surface area (Å²) in [5.41, 5.74) is -5.70. The lowest BCUT2D eigenvalue weighted by molar-refractivity contribution is -0.154. The Morgan fingerprint density at radius 1 is 1.17 bits per heavy atom. The highest BCUT2D eigenvalue weighted by Crippen LogP contribution is 2.65. The van der Waals surface area contributed by atoms with Crippen molar-refractivity contribution >= 4 is 21.9 Å². The molecule has 1 amide bonds. The molecule has 2 aliphatic carbocycles. The van der Waals surface area contributed by atoms with Crippen LogP contribution < -0.4 is 4.72 Å². The number of esters is 1. The topological polar surface area (TPSA) is 92.8 Å². The summed E-state index contributed by atoms with van der Waals surface area (Å²) in [7, 11) is -4.51. The molecule has 0 unspecified atom stereocenters. The number of hydrogen-bond donors (Lipinski definition) is 1. The van der Waals surface area contributed by atoms with Crippen molar-refractivity contribution < 1.29 is 35.9 Å². The van der Waals surface area contributed by atoms with E-state index in [1.54, 1.807) is 4.72 Å². The summed E-state index contributed by atoms with van der Waals surface area (Å²) in [5, 5.41) is 0. The number of rotatable bonds is 5. The molecule has 1 heterocycles. The fraction of sp³-hybridized carbons (Fsp3) is 0.889. The van der Waals surface area contributed by atoms with Gasteiger partial charge in [0.1, 0.15) is 12.1 Å². The smallest absolute Gasteiger partial charge is 0.467 e. The van der Waals surface area contributed by atoms with Crippen LogP contribution in [0.15, 0.2) is 0 Å². The van der Waals surface area contributed by atoms with Gasteiger partial charge in [0.25, 0.3) is 0 Å². The number of methoxy groups -OCH3 is 1. The molecule has 3 aliphatic rings. The molecular weight excluding hydrogens is 413 g/mol. The van der Waals surface area contributed by atoms with Crippen molar-refractivity contribution in [2.75, 3.05) is 13.7 Å². The first-order valence-corrected chi connectivity index (χ1v) is 11.3. The molecule has 0 spiro atoms. The predicted octanol–water partition coefficient (Wildman–Crippen LogP) is 2.03. The number of sulfonamides is 1. The first-order chi connectivity index (χ1) is 13.3. The number of amides is 1. The molecule has 11 heteroatoms. The molecule has 0 bridgehead atoms. The molecule has 0 aromatic heterocycles. The maximum Gasteiger partial charge on any atom is 0.511 e. The van der Waals surface area contributed by atoms with Crippen molar-refractivity contribution in [3.63, 3.8) is 0 Å². The van der Waals surface area contributed by atoms with Crippen LogP contribution in [0.1, 0.15) is 46.0 Å². The molecule has 166 valence electrons. The van der Waals surface area contributed by atoms with Gasteiger partial charge in [-0.05, 0) is 30.1 Å². The monoisotopic (exact) mass is 440 g/mol. The molecule has 4 atom stereocenters. The third-order valence-electron chi connectivity index (χ3n) is 6.91. The maximum atomic E-state index is 13.3. The average molecular weight is 440 g/mol. The highest BCUT2D eigenvalue weighted by Gasteiger charge is 2.70. The Labute approximate surface area is 168 Å². The first kappa shape index (κ1) is 22.3.